The fourth-order valence-electron chi connectivity index (χ4n) is 4.17. The van der Waals surface area contributed by atoms with E-state index in [9.17, 15) is 0 Å². The van der Waals surface area contributed by atoms with Gasteiger partial charge in [-0.3, -0.25) is 0 Å². The van der Waals surface area contributed by atoms with Gasteiger partial charge in [0.2, 0.25) is 0 Å². The number of fused-ring (bicyclic) bond motifs is 1. The summed E-state index contributed by atoms with van der Waals surface area (Å²) < 4.78 is 22.8. The van der Waals surface area contributed by atoms with Crippen LogP contribution in [0, 0.1) is 11.8 Å². The number of epoxide rings is 1. The molecule has 1 aliphatic heterocycles. The van der Waals surface area contributed by atoms with E-state index in [2.05, 4.69) is 6.92 Å². The van der Waals surface area contributed by atoms with Crippen LogP contribution in [0.5, 0.6) is 0 Å². The molecule has 0 aromatic carbocycles. The maximum Gasteiger partial charge on any atom is 0.285 e. The second-order valence-corrected chi connectivity index (χ2v) is 6.81. The van der Waals surface area contributed by atoms with Crippen LogP contribution in [0.3, 0.4) is 0 Å². The Morgan fingerprint density at radius 1 is 0.955 bits per heavy atom. The predicted molar refractivity (Wildman–Crippen MR) is 86.6 cm³/mol. The van der Waals surface area contributed by atoms with E-state index in [4.69, 9.17) is 18.9 Å². The van der Waals surface area contributed by atoms with Crippen LogP contribution in [0.2, 0.25) is 0 Å². The molecule has 4 heteroatoms. The molecule has 0 bridgehead atoms. The average Bonchev–Trinajstić information content (AvgIpc) is 3.33. The topological polar surface area (TPSA) is 40.2 Å². The summed E-state index contributed by atoms with van der Waals surface area (Å²) in [6, 6.07) is 0. The van der Waals surface area contributed by atoms with Gasteiger partial charge in [-0.05, 0) is 31.6 Å². The molecule has 4 nitrogen and oxygen atoms in total. The third-order valence-corrected chi connectivity index (χ3v) is 5.54. The number of hydrogen-bond acceptors (Lipinski definition) is 4. The highest BCUT2D eigenvalue weighted by Crippen LogP contribution is 2.47. The Labute approximate surface area is 135 Å². The van der Waals surface area contributed by atoms with E-state index < -0.39 is 5.97 Å². The van der Waals surface area contributed by atoms with Crippen LogP contribution in [-0.4, -0.2) is 39.5 Å². The lowest BCUT2D eigenvalue weighted by Crippen LogP contribution is -2.48. The molecule has 2 fully saturated rings. The van der Waals surface area contributed by atoms with E-state index in [1.54, 1.807) is 21.3 Å². The lowest BCUT2D eigenvalue weighted by molar-refractivity contribution is -0.387. The number of rotatable bonds is 11. The molecule has 0 spiro atoms. The Morgan fingerprint density at radius 2 is 1.64 bits per heavy atom. The van der Waals surface area contributed by atoms with Crippen molar-refractivity contribution >= 4 is 0 Å². The highest BCUT2D eigenvalue weighted by atomic mass is 16.9. The molecular weight excluding hydrogens is 280 g/mol. The van der Waals surface area contributed by atoms with E-state index in [0.717, 1.165) is 12.8 Å². The summed E-state index contributed by atoms with van der Waals surface area (Å²) in [6.07, 6.45) is 12.0. The van der Waals surface area contributed by atoms with Crippen LogP contribution in [-0.2, 0) is 18.9 Å². The molecule has 2 aliphatic rings. The van der Waals surface area contributed by atoms with Crippen molar-refractivity contribution < 1.29 is 18.9 Å². The minimum atomic E-state index is -0.906. The molecule has 0 aromatic heterocycles. The summed E-state index contributed by atoms with van der Waals surface area (Å²) in [5.41, 5.74) is 0. The van der Waals surface area contributed by atoms with Crippen LogP contribution in [0.4, 0.5) is 0 Å². The van der Waals surface area contributed by atoms with E-state index in [0.29, 0.717) is 18.1 Å². The van der Waals surface area contributed by atoms with Crippen molar-refractivity contribution in [3.8, 4) is 0 Å². The summed E-state index contributed by atoms with van der Waals surface area (Å²) in [5.74, 6) is -0.0639. The summed E-state index contributed by atoms with van der Waals surface area (Å²) in [6.45, 7) is 2.25. The van der Waals surface area contributed by atoms with Crippen molar-refractivity contribution in [2.45, 2.75) is 82.9 Å². The Hall–Kier alpha value is -0.160. The van der Waals surface area contributed by atoms with E-state index in [1.165, 1.54) is 44.9 Å². The van der Waals surface area contributed by atoms with Crippen LogP contribution in [0.25, 0.3) is 0 Å². The van der Waals surface area contributed by atoms with Crippen LogP contribution in [0.15, 0.2) is 0 Å². The molecule has 1 aliphatic carbocycles. The van der Waals surface area contributed by atoms with Crippen molar-refractivity contribution in [2.75, 3.05) is 21.3 Å². The summed E-state index contributed by atoms with van der Waals surface area (Å²) >= 11 is 0. The van der Waals surface area contributed by atoms with Gasteiger partial charge in [0.15, 0.2) is 0 Å². The van der Waals surface area contributed by atoms with Crippen LogP contribution >= 0.6 is 0 Å². The molecule has 4 unspecified atom stereocenters. The predicted octanol–water partition coefficient (Wildman–Crippen LogP) is 4.12. The van der Waals surface area contributed by atoms with Crippen molar-refractivity contribution in [1.82, 2.24) is 0 Å². The zero-order chi connectivity index (χ0) is 16.0. The molecule has 4 atom stereocenters. The molecule has 1 heterocycles. The number of unbranched alkanes of at least 4 members (excludes halogenated alkanes) is 4. The van der Waals surface area contributed by atoms with Crippen molar-refractivity contribution in [2.24, 2.45) is 11.8 Å². The van der Waals surface area contributed by atoms with Gasteiger partial charge in [0.25, 0.3) is 5.97 Å². The zero-order valence-corrected chi connectivity index (χ0v) is 14.8. The first-order valence-electron chi connectivity index (χ1n) is 9.01. The minimum absolute atomic E-state index is 0.277. The lowest BCUT2D eigenvalue weighted by atomic mass is 9.76. The van der Waals surface area contributed by atoms with Crippen molar-refractivity contribution in [3.63, 3.8) is 0 Å². The van der Waals surface area contributed by atoms with Crippen LogP contribution < -0.4 is 0 Å². The zero-order valence-electron chi connectivity index (χ0n) is 14.8. The van der Waals surface area contributed by atoms with Gasteiger partial charge in [-0.1, -0.05) is 39.0 Å². The standard InChI is InChI=1S/C18H34O4/c1-5-6-7-8-9-10-15(18(19-2,20-3)21-4)14-11-12-16-17(13-14)22-16/h14-17H,5-13H2,1-4H3. The second-order valence-electron chi connectivity index (χ2n) is 6.81. The lowest BCUT2D eigenvalue weighted by Gasteiger charge is -2.41. The van der Waals surface area contributed by atoms with Gasteiger partial charge in [-0.2, -0.15) is 0 Å². The maximum atomic E-state index is 5.71. The van der Waals surface area contributed by atoms with Crippen LogP contribution in [0.1, 0.15) is 64.7 Å². The van der Waals surface area contributed by atoms with Gasteiger partial charge in [-0.15, -0.1) is 0 Å². The molecule has 0 amide bonds. The van der Waals surface area contributed by atoms with E-state index >= 15 is 0 Å². The Kier molecular flexibility index (Phi) is 7.13. The average molecular weight is 314 g/mol. The summed E-state index contributed by atoms with van der Waals surface area (Å²) in [4.78, 5) is 0. The van der Waals surface area contributed by atoms with Crippen molar-refractivity contribution in [3.05, 3.63) is 0 Å². The monoisotopic (exact) mass is 314 g/mol. The smallest absolute Gasteiger partial charge is 0.285 e. The quantitative estimate of drug-likeness (QED) is 0.327. The Morgan fingerprint density at radius 3 is 2.23 bits per heavy atom. The van der Waals surface area contributed by atoms with E-state index in [-0.39, 0.29) is 5.92 Å². The molecule has 1 saturated carbocycles. The van der Waals surface area contributed by atoms with Gasteiger partial charge in [0, 0.05) is 27.2 Å². The fraction of sp³-hybridized carbons (Fsp3) is 1.00. The van der Waals surface area contributed by atoms with Gasteiger partial charge >= 0.3 is 0 Å². The maximum absolute atomic E-state index is 5.71. The van der Waals surface area contributed by atoms with Gasteiger partial charge in [0.1, 0.15) is 0 Å². The number of ether oxygens (including phenoxy) is 4. The molecule has 130 valence electrons. The van der Waals surface area contributed by atoms with Crippen molar-refractivity contribution in [1.29, 1.82) is 0 Å². The highest BCUT2D eigenvalue weighted by Gasteiger charge is 2.51. The molecule has 0 aromatic rings. The number of methoxy groups -OCH3 is 3. The third kappa shape index (κ3) is 4.22. The Bertz CT molecular complexity index is 308. The number of hydrogen-bond donors (Lipinski definition) is 0. The molecule has 0 radical (unpaired) electrons. The summed E-state index contributed by atoms with van der Waals surface area (Å²) in [5, 5.41) is 0. The van der Waals surface area contributed by atoms with Gasteiger partial charge in [-0.25, -0.2) is 0 Å². The first kappa shape index (κ1) is 18.2. The minimum Gasteiger partial charge on any atom is -0.370 e. The molecule has 1 saturated heterocycles. The molecular formula is C18H34O4. The fourth-order valence-corrected chi connectivity index (χ4v) is 4.17. The SMILES string of the molecule is CCCCCCCC(C1CCC2OC2C1)C(OC)(OC)OC. The van der Waals surface area contributed by atoms with E-state index in [1.807, 2.05) is 0 Å². The summed E-state index contributed by atoms with van der Waals surface area (Å²) in [7, 11) is 5.07. The molecule has 2 rings (SSSR count). The van der Waals surface area contributed by atoms with Gasteiger partial charge < -0.3 is 18.9 Å². The normalized spacial score (nSPS) is 29.2. The van der Waals surface area contributed by atoms with Gasteiger partial charge in [0.05, 0.1) is 12.2 Å². The first-order chi connectivity index (χ1) is 10.7. The first-order valence-corrected chi connectivity index (χ1v) is 9.01. The third-order valence-electron chi connectivity index (χ3n) is 5.54. The second kappa shape index (κ2) is 8.62. The molecule has 22 heavy (non-hydrogen) atoms. The Balaban J connectivity index is 1.95. The highest BCUT2D eigenvalue weighted by molar-refractivity contribution is 4.95. The molecule has 0 N–H and O–H groups in total. The largest absolute Gasteiger partial charge is 0.370 e.